The van der Waals surface area contributed by atoms with Crippen molar-refractivity contribution in [2.24, 2.45) is 0 Å². The first-order chi connectivity index (χ1) is 9.86. The maximum Gasteiger partial charge on any atom is 0.265 e. The third-order valence-electron chi connectivity index (χ3n) is 3.10. The average Bonchev–Trinajstić information content (AvgIpc) is 2.43. The van der Waals surface area contributed by atoms with Crippen molar-refractivity contribution < 1.29 is 13.5 Å². The lowest BCUT2D eigenvalue weighted by Gasteiger charge is -2.24. The highest BCUT2D eigenvalue weighted by molar-refractivity contribution is 7.92. The van der Waals surface area contributed by atoms with Crippen molar-refractivity contribution >= 4 is 21.5 Å². The Morgan fingerprint density at radius 3 is 2.57 bits per heavy atom. The number of phenolic OH excluding ortho intramolecular Hbond substituents is 1. The third kappa shape index (κ3) is 2.92. The second-order valence-electron chi connectivity index (χ2n) is 4.56. The van der Waals surface area contributed by atoms with E-state index in [4.69, 9.17) is 5.73 Å². The maximum absolute atomic E-state index is 12.7. The van der Waals surface area contributed by atoms with E-state index in [1.165, 1.54) is 34.8 Å². The van der Waals surface area contributed by atoms with Gasteiger partial charge < -0.3 is 10.8 Å². The molecular formula is C14H17N3O3S. The van der Waals surface area contributed by atoms with Crippen LogP contribution in [0.2, 0.25) is 0 Å². The largest absolute Gasteiger partial charge is 0.508 e. The molecule has 21 heavy (non-hydrogen) atoms. The van der Waals surface area contributed by atoms with Crippen LogP contribution in [0.5, 0.6) is 5.75 Å². The van der Waals surface area contributed by atoms with Gasteiger partial charge in [-0.3, -0.25) is 4.31 Å². The van der Waals surface area contributed by atoms with Gasteiger partial charge >= 0.3 is 0 Å². The van der Waals surface area contributed by atoms with Crippen LogP contribution < -0.4 is 10.0 Å². The molecule has 2 rings (SSSR count). The van der Waals surface area contributed by atoms with Gasteiger partial charge in [0.15, 0.2) is 0 Å². The van der Waals surface area contributed by atoms with E-state index >= 15 is 0 Å². The fourth-order valence-corrected chi connectivity index (χ4v) is 3.48. The summed E-state index contributed by atoms with van der Waals surface area (Å²) in [6.45, 7) is 3.75. The molecule has 0 fully saturated rings. The van der Waals surface area contributed by atoms with Crippen molar-refractivity contribution in [1.29, 1.82) is 0 Å². The second-order valence-corrected chi connectivity index (χ2v) is 6.42. The fraction of sp³-hybridized carbons (Fsp3) is 0.214. The Balaban J connectivity index is 2.54. The molecule has 0 aliphatic heterocycles. The normalized spacial score (nSPS) is 11.3. The van der Waals surface area contributed by atoms with Gasteiger partial charge in [0.1, 0.15) is 16.5 Å². The first kappa shape index (κ1) is 15.1. The first-order valence-corrected chi connectivity index (χ1v) is 7.84. The van der Waals surface area contributed by atoms with Crippen LogP contribution in [-0.2, 0) is 10.0 Å². The van der Waals surface area contributed by atoms with Crippen molar-refractivity contribution in [3.63, 3.8) is 0 Å². The number of aromatic hydroxyl groups is 1. The molecule has 0 aliphatic carbocycles. The monoisotopic (exact) mass is 307 g/mol. The van der Waals surface area contributed by atoms with Gasteiger partial charge in [0.2, 0.25) is 0 Å². The number of rotatable bonds is 4. The number of anilines is 2. The summed E-state index contributed by atoms with van der Waals surface area (Å²) in [5, 5.41) is 9.60. The summed E-state index contributed by atoms with van der Waals surface area (Å²) in [4.78, 5) is 3.88. The van der Waals surface area contributed by atoms with Gasteiger partial charge in [-0.2, -0.15) is 0 Å². The van der Waals surface area contributed by atoms with Gasteiger partial charge in [-0.25, -0.2) is 13.4 Å². The zero-order valence-corrected chi connectivity index (χ0v) is 12.6. The highest BCUT2D eigenvalue weighted by Crippen LogP contribution is 2.29. The molecule has 0 saturated carbocycles. The van der Waals surface area contributed by atoms with Gasteiger partial charge in [-0.1, -0.05) is 6.07 Å². The number of nitrogens with zero attached hydrogens (tertiary/aromatic N) is 2. The number of sulfonamides is 1. The molecule has 2 aromatic rings. The average molecular weight is 307 g/mol. The predicted octanol–water partition coefficient (Wildman–Crippen LogP) is 1.89. The maximum atomic E-state index is 12.7. The Morgan fingerprint density at radius 2 is 2.00 bits per heavy atom. The van der Waals surface area contributed by atoms with Crippen LogP contribution in [0.15, 0.2) is 41.4 Å². The Kier molecular flexibility index (Phi) is 4.04. The first-order valence-electron chi connectivity index (χ1n) is 6.40. The summed E-state index contributed by atoms with van der Waals surface area (Å²) >= 11 is 0. The van der Waals surface area contributed by atoms with Crippen molar-refractivity contribution in [3.8, 4) is 5.75 Å². The summed E-state index contributed by atoms with van der Waals surface area (Å²) in [5.74, 6) is 0.269. The van der Waals surface area contributed by atoms with Crippen LogP contribution in [0.3, 0.4) is 0 Å². The summed E-state index contributed by atoms with van der Waals surface area (Å²) in [6, 6.07) is 7.48. The van der Waals surface area contributed by atoms with E-state index in [1.807, 2.05) is 0 Å². The molecule has 6 nitrogen and oxygen atoms in total. The van der Waals surface area contributed by atoms with Crippen LogP contribution in [-0.4, -0.2) is 25.1 Å². The highest BCUT2D eigenvalue weighted by atomic mass is 32.2. The molecule has 0 bridgehead atoms. The third-order valence-corrected chi connectivity index (χ3v) is 4.97. The smallest absolute Gasteiger partial charge is 0.265 e. The minimum atomic E-state index is -3.76. The molecule has 7 heteroatoms. The number of benzene rings is 1. The summed E-state index contributed by atoms with van der Waals surface area (Å²) in [7, 11) is -3.76. The van der Waals surface area contributed by atoms with Crippen LogP contribution in [0, 0.1) is 6.92 Å². The molecule has 0 amide bonds. The van der Waals surface area contributed by atoms with Gasteiger partial charge in [0, 0.05) is 18.8 Å². The summed E-state index contributed by atoms with van der Waals surface area (Å²) < 4.78 is 26.6. The van der Waals surface area contributed by atoms with E-state index in [0.29, 0.717) is 5.69 Å². The number of hydrogen-bond acceptors (Lipinski definition) is 5. The SMILES string of the molecule is CCN(c1cc(O)ccc1C)S(=O)(=O)c1ccc(N)nc1. The number of nitrogens with two attached hydrogens (primary N) is 1. The van der Waals surface area contributed by atoms with Crippen LogP contribution in [0.4, 0.5) is 11.5 Å². The Morgan fingerprint density at radius 1 is 1.29 bits per heavy atom. The van der Waals surface area contributed by atoms with Crippen LogP contribution in [0.25, 0.3) is 0 Å². The Labute approximate surface area is 123 Å². The minimum Gasteiger partial charge on any atom is -0.508 e. The van der Waals surface area contributed by atoms with E-state index in [-0.39, 0.29) is 23.0 Å². The van der Waals surface area contributed by atoms with E-state index in [9.17, 15) is 13.5 Å². The van der Waals surface area contributed by atoms with Crippen molar-refractivity contribution in [3.05, 3.63) is 42.1 Å². The van der Waals surface area contributed by atoms with E-state index < -0.39 is 10.0 Å². The molecule has 0 radical (unpaired) electrons. The fourth-order valence-electron chi connectivity index (χ4n) is 2.01. The zero-order chi connectivity index (χ0) is 15.6. The number of pyridine rings is 1. The lowest BCUT2D eigenvalue weighted by atomic mass is 10.2. The second kappa shape index (κ2) is 5.61. The number of nitrogen functional groups attached to an aromatic ring is 1. The molecule has 0 atom stereocenters. The van der Waals surface area contributed by atoms with E-state index in [0.717, 1.165) is 5.56 Å². The topological polar surface area (TPSA) is 96.5 Å². The van der Waals surface area contributed by atoms with Crippen molar-refractivity contribution in [2.45, 2.75) is 18.7 Å². The quantitative estimate of drug-likeness (QED) is 0.899. The molecule has 112 valence electrons. The number of aromatic nitrogens is 1. The zero-order valence-electron chi connectivity index (χ0n) is 11.8. The van der Waals surface area contributed by atoms with Gasteiger partial charge in [-0.05, 0) is 37.6 Å². The molecule has 3 N–H and O–H groups in total. The van der Waals surface area contributed by atoms with Crippen LogP contribution in [0.1, 0.15) is 12.5 Å². The van der Waals surface area contributed by atoms with E-state index in [1.54, 1.807) is 19.9 Å². The molecule has 0 spiro atoms. The lowest BCUT2D eigenvalue weighted by molar-refractivity contribution is 0.475. The predicted molar refractivity (Wildman–Crippen MR) is 81.7 cm³/mol. The molecule has 1 aromatic carbocycles. The number of phenols is 1. The van der Waals surface area contributed by atoms with Gasteiger partial charge in [0.05, 0.1) is 5.69 Å². The number of hydrogen-bond donors (Lipinski definition) is 2. The van der Waals surface area contributed by atoms with Gasteiger partial charge in [-0.15, -0.1) is 0 Å². The van der Waals surface area contributed by atoms with E-state index in [2.05, 4.69) is 4.98 Å². The Bertz CT molecular complexity index is 743. The summed E-state index contributed by atoms with van der Waals surface area (Å²) in [5.41, 5.74) is 6.67. The lowest BCUT2D eigenvalue weighted by Crippen LogP contribution is -2.31. The molecule has 0 saturated heterocycles. The summed E-state index contributed by atoms with van der Waals surface area (Å²) in [6.07, 6.45) is 1.23. The molecule has 0 unspecified atom stereocenters. The molecule has 1 aromatic heterocycles. The van der Waals surface area contributed by atoms with Gasteiger partial charge in [0.25, 0.3) is 10.0 Å². The standard InChI is InChI=1S/C14H17N3O3S/c1-3-17(13-8-11(18)5-4-10(13)2)21(19,20)12-6-7-14(15)16-9-12/h4-9,18H,3H2,1-2H3,(H2,15,16). The Hall–Kier alpha value is -2.28. The molecular weight excluding hydrogens is 290 g/mol. The minimum absolute atomic E-state index is 0.0136. The van der Waals surface area contributed by atoms with Crippen molar-refractivity contribution in [1.82, 2.24) is 4.98 Å². The highest BCUT2D eigenvalue weighted by Gasteiger charge is 2.25. The molecule has 0 aliphatic rings. The molecule has 1 heterocycles. The van der Waals surface area contributed by atoms with Crippen molar-refractivity contribution in [2.75, 3.05) is 16.6 Å². The number of aryl methyl sites for hydroxylation is 1. The van der Waals surface area contributed by atoms with Crippen LogP contribution >= 0.6 is 0 Å².